The number of rotatable bonds is 4. The van der Waals surface area contributed by atoms with E-state index in [1.807, 2.05) is 0 Å². The lowest BCUT2D eigenvalue weighted by molar-refractivity contribution is -0.385. The van der Waals surface area contributed by atoms with Gasteiger partial charge in [0.05, 0.1) is 22.0 Å². The fourth-order valence-corrected chi connectivity index (χ4v) is 3.07. The molecule has 0 amide bonds. The van der Waals surface area contributed by atoms with Crippen molar-refractivity contribution in [1.82, 2.24) is 0 Å². The number of nitrogens with one attached hydrogen (secondary N) is 1. The first-order valence-corrected chi connectivity index (χ1v) is 7.70. The zero-order valence-electron chi connectivity index (χ0n) is 13.3. The summed E-state index contributed by atoms with van der Waals surface area (Å²) in [6.45, 7) is -0.527. The summed E-state index contributed by atoms with van der Waals surface area (Å²) < 4.78 is 77.8. The van der Waals surface area contributed by atoms with E-state index < -0.39 is 58.7 Å². The predicted molar refractivity (Wildman–Crippen MR) is 79.6 cm³/mol. The summed E-state index contributed by atoms with van der Waals surface area (Å²) in [5.41, 5.74) is -4.44. The van der Waals surface area contributed by atoms with E-state index in [9.17, 15) is 41.6 Å². The molecule has 0 heterocycles. The Bertz CT molecular complexity index is 676. The Kier molecular flexibility index (Phi) is 5.41. The van der Waals surface area contributed by atoms with Gasteiger partial charge in [0.25, 0.3) is 5.69 Å². The molecule has 2 rings (SSSR count). The van der Waals surface area contributed by atoms with E-state index >= 15 is 0 Å². The van der Waals surface area contributed by atoms with Gasteiger partial charge in [-0.05, 0) is 31.7 Å². The van der Waals surface area contributed by atoms with E-state index in [2.05, 4.69) is 5.32 Å². The smallest absolute Gasteiger partial charge is 0.388 e. The van der Waals surface area contributed by atoms with Crippen LogP contribution in [0.15, 0.2) is 18.2 Å². The summed E-state index contributed by atoms with van der Waals surface area (Å²) in [6.07, 6.45) is -10.0. The molecular weight excluding hydrogens is 370 g/mol. The average molecular weight is 386 g/mol. The number of nitro groups is 1. The number of anilines is 1. The lowest BCUT2D eigenvalue weighted by atomic mass is 9.77. The minimum absolute atomic E-state index is 0.0148. The van der Waals surface area contributed by atoms with Gasteiger partial charge in [-0.25, -0.2) is 0 Å². The molecule has 0 bridgehead atoms. The molecule has 1 saturated carbocycles. The van der Waals surface area contributed by atoms with Crippen molar-refractivity contribution in [3.05, 3.63) is 33.9 Å². The summed E-state index contributed by atoms with van der Waals surface area (Å²) in [4.78, 5) is 9.66. The van der Waals surface area contributed by atoms with Crippen LogP contribution < -0.4 is 5.32 Å². The van der Waals surface area contributed by atoms with Crippen LogP contribution in [0.1, 0.15) is 31.2 Å². The van der Waals surface area contributed by atoms with Gasteiger partial charge >= 0.3 is 12.4 Å². The van der Waals surface area contributed by atoms with Crippen molar-refractivity contribution in [3.8, 4) is 0 Å². The average Bonchev–Trinajstić information content (AvgIpc) is 2.51. The largest absolute Gasteiger partial charge is 0.418 e. The van der Waals surface area contributed by atoms with Crippen molar-refractivity contribution >= 4 is 11.4 Å². The third-order valence-corrected chi connectivity index (χ3v) is 4.41. The van der Waals surface area contributed by atoms with E-state index in [4.69, 9.17) is 0 Å². The number of aliphatic hydroxyl groups is 1. The Morgan fingerprint density at radius 2 is 1.92 bits per heavy atom. The van der Waals surface area contributed by atoms with Crippen LogP contribution in [0, 0.1) is 16.0 Å². The first-order chi connectivity index (χ1) is 11.8. The Morgan fingerprint density at radius 1 is 1.27 bits per heavy atom. The molecule has 1 aromatic carbocycles. The molecule has 11 heteroatoms. The lowest BCUT2D eigenvalue weighted by Crippen LogP contribution is -2.45. The highest BCUT2D eigenvalue weighted by molar-refractivity contribution is 5.57. The van der Waals surface area contributed by atoms with Crippen molar-refractivity contribution < 1.29 is 36.4 Å². The summed E-state index contributed by atoms with van der Waals surface area (Å²) in [5.74, 6) is -1.72. The second kappa shape index (κ2) is 6.93. The van der Waals surface area contributed by atoms with Gasteiger partial charge in [0.2, 0.25) is 0 Å². The SMILES string of the molecule is O=[N+]([O-])c1ccc(NCC2(O)CCCC(C(F)(F)F)C2)c(C(F)(F)F)c1. The van der Waals surface area contributed by atoms with Gasteiger partial charge < -0.3 is 10.4 Å². The highest BCUT2D eigenvalue weighted by Gasteiger charge is 2.47. The summed E-state index contributed by atoms with van der Waals surface area (Å²) >= 11 is 0. The molecule has 1 aliphatic carbocycles. The van der Waals surface area contributed by atoms with E-state index in [1.54, 1.807) is 0 Å². The molecule has 1 aliphatic rings. The normalized spacial score (nSPS) is 24.3. The van der Waals surface area contributed by atoms with Gasteiger partial charge in [-0.3, -0.25) is 10.1 Å². The molecule has 2 unspecified atom stereocenters. The third-order valence-electron chi connectivity index (χ3n) is 4.41. The maximum atomic E-state index is 13.1. The molecular formula is C15H16F6N2O3. The van der Waals surface area contributed by atoms with Gasteiger partial charge in [-0.2, -0.15) is 26.3 Å². The number of hydrogen-bond donors (Lipinski definition) is 2. The molecule has 0 radical (unpaired) electrons. The summed E-state index contributed by atoms with van der Waals surface area (Å²) in [7, 11) is 0. The first kappa shape index (κ1) is 20.3. The molecule has 0 spiro atoms. The van der Waals surface area contributed by atoms with Gasteiger partial charge in [0, 0.05) is 24.4 Å². The number of non-ortho nitro benzene ring substituents is 1. The predicted octanol–water partition coefficient (Wildman–Crippen LogP) is 4.51. The molecule has 146 valence electrons. The molecule has 26 heavy (non-hydrogen) atoms. The van der Waals surface area contributed by atoms with Crippen LogP contribution in [-0.4, -0.2) is 28.4 Å². The van der Waals surface area contributed by atoms with Crippen LogP contribution in [0.25, 0.3) is 0 Å². The van der Waals surface area contributed by atoms with Crippen LogP contribution in [0.4, 0.5) is 37.7 Å². The van der Waals surface area contributed by atoms with Crippen LogP contribution in [-0.2, 0) is 6.18 Å². The number of benzene rings is 1. The van der Waals surface area contributed by atoms with Gasteiger partial charge in [0.15, 0.2) is 0 Å². The first-order valence-electron chi connectivity index (χ1n) is 7.70. The molecule has 0 saturated heterocycles. The molecule has 2 N–H and O–H groups in total. The van der Waals surface area contributed by atoms with Crippen molar-refractivity contribution in [3.63, 3.8) is 0 Å². The minimum atomic E-state index is -4.90. The van der Waals surface area contributed by atoms with Crippen molar-refractivity contribution in [2.45, 2.75) is 43.6 Å². The van der Waals surface area contributed by atoms with Crippen molar-refractivity contribution in [2.24, 2.45) is 5.92 Å². The van der Waals surface area contributed by atoms with Gasteiger partial charge in [-0.1, -0.05) is 0 Å². The summed E-state index contributed by atoms with van der Waals surface area (Å²) in [5, 5.41) is 23.3. The van der Waals surface area contributed by atoms with E-state index in [1.165, 1.54) is 0 Å². The van der Waals surface area contributed by atoms with Crippen LogP contribution in [0.3, 0.4) is 0 Å². The maximum Gasteiger partial charge on any atom is 0.418 e. The zero-order valence-corrected chi connectivity index (χ0v) is 13.3. The topological polar surface area (TPSA) is 75.4 Å². The van der Waals surface area contributed by atoms with Gasteiger partial charge in [0.1, 0.15) is 0 Å². The van der Waals surface area contributed by atoms with Crippen LogP contribution in [0.2, 0.25) is 0 Å². The molecule has 2 atom stereocenters. The number of alkyl halides is 6. The monoisotopic (exact) mass is 386 g/mol. The second-order valence-electron chi connectivity index (χ2n) is 6.40. The van der Waals surface area contributed by atoms with Crippen molar-refractivity contribution in [2.75, 3.05) is 11.9 Å². The highest BCUT2D eigenvalue weighted by Crippen LogP contribution is 2.42. The van der Waals surface area contributed by atoms with E-state index in [0.29, 0.717) is 6.07 Å². The zero-order chi connectivity index (χ0) is 19.8. The Balaban J connectivity index is 2.19. The quantitative estimate of drug-likeness (QED) is 0.454. The highest BCUT2D eigenvalue weighted by atomic mass is 19.4. The lowest BCUT2D eigenvalue weighted by Gasteiger charge is -2.38. The molecule has 5 nitrogen and oxygen atoms in total. The fourth-order valence-electron chi connectivity index (χ4n) is 3.07. The maximum absolute atomic E-state index is 13.1. The van der Waals surface area contributed by atoms with Crippen LogP contribution >= 0.6 is 0 Å². The molecule has 0 aromatic heterocycles. The molecule has 1 fully saturated rings. The number of hydrogen-bond acceptors (Lipinski definition) is 4. The minimum Gasteiger partial charge on any atom is -0.388 e. The van der Waals surface area contributed by atoms with Crippen molar-refractivity contribution in [1.29, 1.82) is 0 Å². The standard InChI is InChI=1S/C15H16F6N2O3/c16-14(17,18)9-2-1-5-13(24,7-9)8-22-12-4-3-10(23(25)26)6-11(12)15(19,20)21/h3-4,6,9,22,24H,1-2,5,7-8H2. The molecule has 0 aliphatic heterocycles. The Morgan fingerprint density at radius 3 is 2.46 bits per heavy atom. The number of nitrogens with zero attached hydrogens (tertiary/aromatic N) is 1. The fraction of sp³-hybridized carbons (Fsp3) is 0.600. The summed E-state index contributed by atoms with van der Waals surface area (Å²) in [6, 6.07) is 2.02. The van der Waals surface area contributed by atoms with Gasteiger partial charge in [-0.15, -0.1) is 0 Å². The number of nitro benzene ring substituents is 1. The Labute approximate surface area is 144 Å². The van der Waals surface area contributed by atoms with E-state index in [-0.39, 0.29) is 19.3 Å². The Hall–Kier alpha value is -2.04. The number of halogens is 6. The van der Waals surface area contributed by atoms with Crippen LogP contribution in [0.5, 0.6) is 0 Å². The van der Waals surface area contributed by atoms with E-state index in [0.717, 1.165) is 12.1 Å². The molecule has 1 aromatic rings. The third kappa shape index (κ3) is 4.77. The second-order valence-corrected chi connectivity index (χ2v) is 6.40.